The molecule has 0 aromatic heterocycles. The lowest BCUT2D eigenvalue weighted by molar-refractivity contribution is -0.163. The normalized spacial score (nSPS) is 12.7. The molecule has 1 atom stereocenters. The summed E-state index contributed by atoms with van der Waals surface area (Å²) in [4.78, 5) is 26.9. The largest absolute Gasteiger partial charge is 0.462 e. The predicted octanol–water partition coefficient (Wildman–Crippen LogP) is 12.4. The van der Waals surface area contributed by atoms with Gasteiger partial charge >= 0.3 is 11.9 Å². The van der Waals surface area contributed by atoms with Gasteiger partial charge in [-0.15, -0.1) is 0 Å². The number of hydrogen-bond donors (Lipinski definition) is 0. The van der Waals surface area contributed by atoms with Crippen LogP contribution >= 0.6 is 0 Å². The maximum Gasteiger partial charge on any atom is 0.306 e. The van der Waals surface area contributed by atoms with Gasteiger partial charge < -0.3 is 19.1 Å². The number of hydrogen-bond acceptors (Lipinski definition) is 6. The lowest BCUT2D eigenvalue weighted by Crippen LogP contribution is -2.30. The van der Waals surface area contributed by atoms with Crippen molar-refractivity contribution in [2.75, 3.05) is 40.5 Å². The second-order valence-electron chi connectivity index (χ2n) is 14.3. The van der Waals surface area contributed by atoms with Crippen LogP contribution in [0.1, 0.15) is 181 Å². The van der Waals surface area contributed by atoms with Gasteiger partial charge in [0.25, 0.3) is 0 Å². The lowest BCUT2D eigenvalue weighted by Gasteiger charge is -2.18. The molecule has 6 nitrogen and oxygen atoms in total. The minimum atomic E-state index is -0.559. The zero-order valence-electron chi connectivity index (χ0n) is 33.9. The van der Waals surface area contributed by atoms with Crippen molar-refractivity contribution in [2.45, 2.75) is 187 Å². The third kappa shape index (κ3) is 40.4. The van der Waals surface area contributed by atoms with E-state index in [9.17, 15) is 9.59 Å². The van der Waals surface area contributed by atoms with Crippen LogP contribution in [0.5, 0.6) is 0 Å². The Morgan fingerprint density at radius 3 is 1.61 bits per heavy atom. The zero-order valence-corrected chi connectivity index (χ0v) is 33.9. The molecule has 296 valence electrons. The first kappa shape index (κ1) is 48.8. The Morgan fingerprint density at radius 1 is 0.529 bits per heavy atom. The number of allylic oxidation sites excluding steroid dienone is 8. The lowest BCUT2D eigenvalue weighted by atomic mass is 10.1. The van der Waals surface area contributed by atoms with Crippen LogP contribution in [-0.4, -0.2) is 63.4 Å². The molecular weight excluding hydrogens is 634 g/mol. The van der Waals surface area contributed by atoms with Gasteiger partial charge in [0.05, 0.1) is 6.61 Å². The van der Waals surface area contributed by atoms with Crippen LogP contribution in [0.4, 0.5) is 0 Å². The highest BCUT2D eigenvalue weighted by molar-refractivity contribution is 5.70. The summed E-state index contributed by atoms with van der Waals surface area (Å²) in [6, 6.07) is 0. The molecule has 0 rings (SSSR count). The predicted molar refractivity (Wildman–Crippen MR) is 218 cm³/mol. The molecule has 1 unspecified atom stereocenters. The fourth-order valence-corrected chi connectivity index (χ4v) is 5.71. The number of rotatable bonds is 38. The van der Waals surface area contributed by atoms with Crippen LogP contribution in [0, 0.1) is 0 Å². The van der Waals surface area contributed by atoms with Crippen molar-refractivity contribution in [1.29, 1.82) is 0 Å². The minimum absolute atomic E-state index is 0.0599. The van der Waals surface area contributed by atoms with Gasteiger partial charge in [-0.3, -0.25) is 9.59 Å². The molecule has 0 aromatic rings. The van der Waals surface area contributed by atoms with E-state index >= 15 is 0 Å². The van der Waals surface area contributed by atoms with Crippen molar-refractivity contribution in [2.24, 2.45) is 0 Å². The first-order valence-electron chi connectivity index (χ1n) is 21.2. The van der Waals surface area contributed by atoms with Gasteiger partial charge in [0.15, 0.2) is 6.10 Å². The van der Waals surface area contributed by atoms with Crippen molar-refractivity contribution in [3.05, 3.63) is 48.6 Å². The average Bonchev–Trinajstić information content (AvgIpc) is 3.11. The Bertz CT molecular complexity index is 878. The van der Waals surface area contributed by atoms with E-state index < -0.39 is 6.10 Å². The molecule has 0 aromatic carbocycles. The van der Waals surface area contributed by atoms with E-state index in [1.54, 1.807) is 0 Å². The van der Waals surface area contributed by atoms with Crippen molar-refractivity contribution < 1.29 is 23.8 Å². The molecule has 51 heavy (non-hydrogen) atoms. The molecular formula is C45H81NO5. The molecule has 0 aliphatic carbocycles. The van der Waals surface area contributed by atoms with Crippen LogP contribution in [0.25, 0.3) is 0 Å². The number of esters is 2. The van der Waals surface area contributed by atoms with Gasteiger partial charge in [-0.05, 0) is 97.7 Å². The summed E-state index contributed by atoms with van der Waals surface area (Å²) in [7, 11) is 3.98. The molecule has 0 N–H and O–H groups in total. The monoisotopic (exact) mass is 716 g/mol. The second kappa shape index (κ2) is 40.6. The number of carbonyl (C=O) groups excluding carboxylic acids is 2. The van der Waals surface area contributed by atoms with E-state index in [4.69, 9.17) is 14.2 Å². The van der Waals surface area contributed by atoms with Crippen molar-refractivity contribution in [3.8, 4) is 0 Å². The maximum absolute atomic E-state index is 12.5. The van der Waals surface area contributed by atoms with Gasteiger partial charge in [-0.2, -0.15) is 0 Å². The topological polar surface area (TPSA) is 65.1 Å². The Kier molecular flexibility index (Phi) is 38.9. The summed E-state index contributed by atoms with van der Waals surface area (Å²) in [5, 5.41) is 0. The molecule has 0 aliphatic heterocycles. The number of carbonyl (C=O) groups is 2. The third-order valence-corrected chi connectivity index (χ3v) is 8.85. The Hall–Kier alpha value is -2.18. The fourth-order valence-electron chi connectivity index (χ4n) is 5.71. The van der Waals surface area contributed by atoms with Crippen LogP contribution in [0.15, 0.2) is 48.6 Å². The minimum Gasteiger partial charge on any atom is -0.462 e. The highest BCUT2D eigenvalue weighted by Gasteiger charge is 2.17. The summed E-state index contributed by atoms with van der Waals surface area (Å²) in [6.07, 6.45) is 46.5. The van der Waals surface area contributed by atoms with E-state index in [2.05, 4.69) is 67.4 Å². The molecule has 0 heterocycles. The SMILES string of the molecule is CCC=CCC=CCC=CCCCCCCCCOCC(COC(=O)CCCCCCCC=CCCCCCCCC)OC(=O)CCCN(C)C. The number of unbranched alkanes of at least 4 members (excludes halogenated alkanes) is 17. The van der Waals surface area contributed by atoms with Crippen LogP contribution < -0.4 is 0 Å². The molecule has 0 saturated carbocycles. The Morgan fingerprint density at radius 2 is 1.02 bits per heavy atom. The quantitative estimate of drug-likeness (QED) is 0.0360. The number of ether oxygens (including phenoxy) is 3. The summed E-state index contributed by atoms with van der Waals surface area (Å²) in [5.74, 6) is -0.478. The van der Waals surface area contributed by atoms with Crippen LogP contribution in [0.3, 0.4) is 0 Å². The fraction of sp³-hybridized carbons (Fsp3) is 0.778. The van der Waals surface area contributed by atoms with Gasteiger partial charge in [0.1, 0.15) is 6.61 Å². The Balaban J connectivity index is 4.06. The van der Waals surface area contributed by atoms with E-state index in [1.807, 2.05) is 14.1 Å². The van der Waals surface area contributed by atoms with E-state index in [-0.39, 0.29) is 25.2 Å². The smallest absolute Gasteiger partial charge is 0.306 e. The second-order valence-corrected chi connectivity index (χ2v) is 14.3. The van der Waals surface area contributed by atoms with Gasteiger partial charge in [0.2, 0.25) is 0 Å². The zero-order chi connectivity index (χ0) is 37.3. The molecule has 6 heteroatoms. The van der Waals surface area contributed by atoms with E-state index in [1.165, 1.54) is 83.5 Å². The van der Waals surface area contributed by atoms with E-state index in [0.717, 1.165) is 77.2 Å². The molecule has 0 saturated heterocycles. The van der Waals surface area contributed by atoms with Crippen molar-refractivity contribution in [1.82, 2.24) is 4.90 Å². The van der Waals surface area contributed by atoms with E-state index in [0.29, 0.717) is 19.4 Å². The summed E-state index contributed by atoms with van der Waals surface area (Å²) in [6.45, 7) is 6.20. The standard InChI is InChI=1S/C45H81NO5/c1-5-7-9-11-13-15-17-19-21-23-25-27-29-31-33-35-40-49-41-43(51-45(48)38-36-39-46(3)4)42-50-44(47)37-34-32-30-28-26-24-22-20-18-16-14-12-10-8-6-2/h7,9,13,15,19-22,43H,5-6,8,10-12,14,16-18,23-42H2,1-4H3. The first-order valence-corrected chi connectivity index (χ1v) is 21.2. The molecule has 0 bridgehead atoms. The van der Waals surface area contributed by atoms with Gasteiger partial charge in [-0.25, -0.2) is 0 Å². The molecule has 0 amide bonds. The highest BCUT2D eigenvalue weighted by Crippen LogP contribution is 2.12. The molecule has 0 spiro atoms. The number of nitrogens with zero attached hydrogens (tertiary/aromatic N) is 1. The molecule has 0 radical (unpaired) electrons. The van der Waals surface area contributed by atoms with Crippen LogP contribution in [-0.2, 0) is 23.8 Å². The summed E-state index contributed by atoms with van der Waals surface area (Å²) >= 11 is 0. The Labute approximate surface area is 315 Å². The molecule has 0 aliphatic rings. The average molecular weight is 716 g/mol. The molecule has 0 fully saturated rings. The third-order valence-electron chi connectivity index (χ3n) is 8.85. The van der Waals surface area contributed by atoms with Crippen molar-refractivity contribution >= 4 is 11.9 Å². The van der Waals surface area contributed by atoms with Crippen LogP contribution in [0.2, 0.25) is 0 Å². The highest BCUT2D eigenvalue weighted by atomic mass is 16.6. The first-order chi connectivity index (χ1) is 25.0. The maximum atomic E-state index is 12.5. The summed E-state index contributed by atoms with van der Waals surface area (Å²) in [5.41, 5.74) is 0. The van der Waals surface area contributed by atoms with Crippen molar-refractivity contribution in [3.63, 3.8) is 0 Å². The van der Waals surface area contributed by atoms with Gasteiger partial charge in [0, 0.05) is 19.4 Å². The summed E-state index contributed by atoms with van der Waals surface area (Å²) < 4.78 is 17.1. The van der Waals surface area contributed by atoms with Gasteiger partial charge in [-0.1, -0.05) is 140 Å².